The van der Waals surface area contributed by atoms with Gasteiger partial charge in [-0.2, -0.15) is 0 Å². The second-order valence-corrected chi connectivity index (χ2v) is 5.80. The number of amides is 2. The molecule has 0 fully saturated rings. The molecule has 0 heterocycles. The van der Waals surface area contributed by atoms with Gasteiger partial charge in [0.05, 0.1) is 12.1 Å². The molecule has 0 saturated carbocycles. The van der Waals surface area contributed by atoms with Gasteiger partial charge < -0.3 is 37.1 Å². The molecular formula is C15H28N4O6. The molecule has 8 N–H and O–H groups in total. The van der Waals surface area contributed by atoms with Crippen LogP contribution in [0.5, 0.6) is 0 Å². The highest BCUT2D eigenvalue weighted by Gasteiger charge is 2.26. The molecule has 0 spiro atoms. The molecule has 25 heavy (non-hydrogen) atoms. The Kier molecular flexibility index (Phi) is 11.3. The number of rotatable bonds is 13. The summed E-state index contributed by atoms with van der Waals surface area (Å²) in [5.41, 5.74) is 11.0. The highest BCUT2D eigenvalue weighted by molar-refractivity contribution is 5.91. The van der Waals surface area contributed by atoms with Crippen LogP contribution in [0, 0.1) is 0 Å². The normalized spacial score (nSPS) is 15.5. The molecule has 4 atom stereocenters. The smallest absolute Gasteiger partial charge is 0.303 e. The van der Waals surface area contributed by atoms with Gasteiger partial charge in [0.2, 0.25) is 11.8 Å². The van der Waals surface area contributed by atoms with Crippen molar-refractivity contribution in [3.8, 4) is 0 Å². The third-order valence-corrected chi connectivity index (χ3v) is 3.56. The van der Waals surface area contributed by atoms with Gasteiger partial charge >= 0.3 is 5.97 Å². The first-order valence-corrected chi connectivity index (χ1v) is 8.14. The zero-order valence-electron chi connectivity index (χ0n) is 14.3. The van der Waals surface area contributed by atoms with Crippen LogP contribution in [0.25, 0.3) is 0 Å². The van der Waals surface area contributed by atoms with Gasteiger partial charge in [-0.3, -0.25) is 14.4 Å². The average molecular weight is 360 g/mol. The lowest BCUT2D eigenvalue weighted by Gasteiger charge is -2.23. The third kappa shape index (κ3) is 9.75. The Balaban J connectivity index is 4.84. The fraction of sp³-hybridized carbons (Fsp3) is 0.733. The summed E-state index contributed by atoms with van der Waals surface area (Å²) in [5.74, 6) is -2.37. The van der Waals surface area contributed by atoms with Crippen molar-refractivity contribution in [2.24, 2.45) is 11.5 Å². The van der Waals surface area contributed by atoms with Crippen LogP contribution in [0.2, 0.25) is 0 Å². The van der Waals surface area contributed by atoms with Crippen LogP contribution in [-0.4, -0.2) is 65.1 Å². The fourth-order valence-corrected chi connectivity index (χ4v) is 1.98. The topological polar surface area (TPSA) is 185 Å². The van der Waals surface area contributed by atoms with Crippen LogP contribution in [0.15, 0.2) is 0 Å². The summed E-state index contributed by atoms with van der Waals surface area (Å²) in [7, 11) is 0. The first kappa shape index (κ1) is 23.0. The largest absolute Gasteiger partial charge is 0.481 e. The third-order valence-electron chi connectivity index (χ3n) is 3.56. The van der Waals surface area contributed by atoms with Crippen LogP contribution >= 0.6 is 0 Å². The molecule has 0 saturated heterocycles. The summed E-state index contributed by atoms with van der Waals surface area (Å²) in [6, 6.07) is -3.13. The Bertz CT molecular complexity index is 457. The van der Waals surface area contributed by atoms with E-state index in [1.54, 1.807) is 0 Å². The first-order valence-electron chi connectivity index (χ1n) is 8.14. The predicted molar refractivity (Wildman–Crippen MR) is 89.4 cm³/mol. The minimum absolute atomic E-state index is 0.0665. The molecule has 0 unspecified atom stereocenters. The van der Waals surface area contributed by atoms with Crippen LogP contribution in [0.3, 0.4) is 0 Å². The van der Waals surface area contributed by atoms with Gasteiger partial charge in [-0.05, 0) is 39.2 Å². The molecule has 0 radical (unpaired) electrons. The van der Waals surface area contributed by atoms with Gasteiger partial charge in [-0.25, -0.2) is 0 Å². The molecule has 0 aromatic carbocycles. The molecule has 0 rings (SSSR count). The van der Waals surface area contributed by atoms with Crippen LogP contribution in [-0.2, 0) is 19.2 Å². The van der Waals surface area contributed by atoms with Crippen molar-refractivity contribution >= 4 is 24.1 Å². The molecule has 144 valence electrons. The zero-order valence-corrected chi connectivity index (χ0v) is 14.3. The molecule has 0 aliphatic carbocycles. The van der Waals surface area contributed by atoms with Crippen molar-refractivity contribution in [2.75, 3.05) is 6.54 Å². The van der Waals surface area contributed by atoms with Crippen molar-refractivity contribution in [3.63, 3.8) is 0 Å². The molecular weight excluding hydrogens is 332 g/mol. The van der Waals surface area contributed by atoms with E-state index in [0.717, 1.165) is 0 Å². The molecule has 0 aromatic heterocycles. The van der Waals surface area contributed by atoms with Gasteiger partial charge in [0.1, 0.15) is 18.4 Å². The van der Waals surface area contributed by atoms with E-state index < -0.39 is 42.0 Å². The maximum absolute atomic E-state index is 12.3. The molecule has 0 bridgehead atoms. The molecule has 0 aliphatic heterocycles. The highest BCUT2D eigenvalue weighted by Crippen LogP contribution is 2.04. The number of carboxylic acids is 1. The summed E-state index contributed by atoms with van der Waals surface area (Å²) in [4.78, 5) is 45.7. The van der Waals surface area contributed by atoms with Gasteiger partial charge in [-0.15, -0.1) is 0 Å². The second kappa shape index (κ2) is 12.3. The van der Waals surface area contributed by atoms with E-state index in [0.29, 0.717) is 25.7 Å². The average Bonchev–Trinajstić information content (AvgIpc) is 2.55. The highest BCUT2D eigenvalue weighted by atomic mass is 16.4. The van der Waals surface area contributed by atoms with Crippen molar-refractivity contribution < 1.29 is 29.4 Å². The maximum Gasteiger partial charge on any atom is 0.303 e. The van der Waals surface area contributed by atoms with E-state index in [-0.39, 0.29) is 19.3 Å². The number of aliphatic carboxylic acids is 1. The summed E-state index contributed by atoms with van der Waals surface area (Å²) in [6.45, 7) is 1.77. The number of hydrogen-bond donors (Lipinski definition) is 6. The van der Waals surface area contributed by atoms with Crippen LogP contribution in [0.1, 0.15) is 39.0 Å². The van der Waals surface area contributed by atoms with E-state index >= 15 is 0 Å². The maximum atomic E-state index is 12.3. The van der Waals surface area contributed by atoms with Crippen molar-refractivity contribution in [1.29, 1.82) is 0 Å². The van der Waals surface area contributed by atoms with Crippen molar-refractivity contribution in [3.05, 3.63) is 0 Å². The standard InChI is InChI=1S/C15H28N4O6/c1-9(21)12(8-20)19-15(25)11(4-2-3-7-16)18-14(24)10(17)5-6-13(22)23/h8-12,21H,2-7,16-17H2,1H3,(H,18,24)(H,19,25)(H,22,23)/t9-,10-,11+,12-/m1/s1. The Hall–Kier alpha value is -2.04. The fourth-order valence-electron chi connectivity index (χ4n) is 1.98. The Morgan fingerprint density at radius 2 is 1.76 bits per heavy atom. The molecule has 2 amide bonds. The number of aldehydes is 1. The van der Waals surface area contributed by atoms with Crippen molar-refractivity contribution in [2.45, 2.75) is 63.3 Å². The van der Waals surface area contributed by atoms with Crippen LogP contribution in [0.4, 0.5) is 0 Å². The van der Waals surface area contributed by atoms with E-state index in [2.05, 4.69) is 10.6 Å². The minimum Gasteiger partial charge on any atom is -0.481 e. The summed E-state index contributed by atoms with van der Waals surface area (Å²) in [6.07, 6.45) is 0.445. The molecule has 0 aliphatic rings. The summed E-state index contributed by atoms with van der Waals surface area (Å²) >= 11 is 0. The summed E-state index contributed by atoms with van der Waals surface area (Å²) < 4.78 is 0. The zero-order chi connectivity index (χ0) is 19.4. The number of nitrogens with one attached hydrogen (secondary N) is 2. The van der Waals surface area contributed by atoms with Gasteiger partial charge in [-0.1, -0.05) is 0 Å². The SMILES string of the molecule is C[C@@H](O)[C@@H](C=O)NC(=O)[C@H](CCCCN)NC(=O)[C@H](N)CCC(=O)O. The monoisotopic (exact) mass is 360 g/mol. The van der Waals surface area contributed by atoms with E-state index in [1.165, 1.54) is 6.92 Å². The number of unbranched alkanes of at least 4 members (excludes halogenated alkanes) is 1. The van der Waals surface area contributed by atoms with E-state index in [9.17, 15) is 24.3 Å². The number of hydrogen-bond acceptors (Lipinski definition) is 7. The number of aliphatic hydroxyl groups is 1. The Morgan fingerprint density at radius 1 is 1.12 bits per heavy atom. The molecule has 10 nitrogen and oxygen atoms in total. The predicted octanol–water partition coefficient (Wildman–Crippen LogP) is -2.14. The lowest BCUT2D eigenvalue weighted by atomic mass is 10.1. The summed E-state index contributed by atoms with van der Waals surface area (Å²) in [5, 5.41) is 22.8. The lowest BCUT2D eigenvalue weighted by Crippen LogP contribution is -2.55. The minimum atomic E-state index is -1.10. The van der Waals surface area contributed by atoms with Gasteiger partial charge in [0.25, 0.3) is 0 Å². The van der Waals surface area contributed by atoms with Crippen molar-refractivity contribution in [1.82, 2.24) is 10.6 Å². The number of carboxylic acid groups (broad SMARTS) is 1. The Morgan fingerprint density at radius 3 is 2.24 bits per heavy atom. The van der Waals surface area contributed by atoms with E-state index in [1.807, 2.05) is 0 Å². The van der Waals surface area contributed by atoms with Gasteiger partial charge in [0.15, 0.2) is 0 Å². The lowest BCUT2D eigenvalue weighted by molar-refractivity contribution is -0.137. The number of carbonyl (C=O) groups is 4. The number of carbonyl (C=O) groups excluding carboxylic acids is 3. The number of aliphatic hydroxyl groups excluding tert-OH is 1. The quantitative estimate of drug-likeness (QED) is 0.159. The number of nitrogens with two attached hydrogens (primary N) is 2. The molecule has 10 heteroatoms. The van der Waals surface area contributed by atoms with Gasteiger partial charge in [0, 0.05) is 6.42 Å². The van der Waals surface area contributed by atoms with Crippen LogP contribution < -0.4 is 22.1 Å². The molecule has 0 aromatic rings. The van der Waals surface area contributed by atoms with E-state index in [4.69, 9.17) is 16.6 Å². The second-order valence-electron chi connectivity index (χ2n) is 5.80. The first-order chi connectivity index (χ1) is 11.7. The Labute approximate surface area is 146 Å².